The van der Waals surface area contributed by atoms with Crippen LogP contribution in [-0.4, -0.2) is 63.2 Å². The summed E-state index contributed by atoms with van der Waals surface area (Å²) >= 11 is 0. The third-order valence-corrected chi connectivity index (χ3v) is 6.61. The molecule has 2 saturated heterocycles. The second-order valence-electron chi connectivity index (χ2n) is 8.61. The van der Waals surface area contributed by atoms with Gasteiger partial charge >= 0.3 is 0 Å². The molecule has 176 valence electrons. The third kappa shape index (κ3) is 5.54. The Kier molecular flexibility index (Phi) is 7.62. The van der Waals surface area contributed by atoms with E-state index in [0.29, 0.717) is 26.3 Å². The fraction of sp³-hybridized carbons (Fsp3) is 0.462. The van der Waals surface area contributed by atoms with Crippen molar-refractivity contribution in [2.45, 2.75) is 25.8 Å². The van der Waals surface area contributed by atoms with E-state index < -0.39 is 0 Å². The first kappa shape index (κ1) is 23.3. The molecule has 2 atom stereocenters. The summed E-state index contributed by atoms with van der Waals surface area (Å²) in [5.74, 6) is 0.395. The highest BCUT2D eigenvalue weighted by atomic mass is 16.5. The fourth-order valence-electron chi connectivity index (χ4n) is 4.56. The van der Waals surface area contributed by atoms with Gasteiger partial charge in [-0.05, 0) is 41.8 Å². The van der Waals surface area contributed by atoms with Crippen LogP contribution < -0.4 is 15.0 Å². The van der Waals surface area contributed by atoms with Gasteiger partial charge in [-0.15, -0.1) is 0 Å². The van der Waals surface area contributed by atoms with Crippen LogP contribution in [0.4, 0.5) is 5.69 Å². The number of benzene rings is 2. The number of carbonyl (C=O) groups excluding carboxylic acids is 2. The number of morpholine rings is 1. The molecule has 0 spiro atoms. The normalized spacial score (nSPS) is 20.0. The monoisotopic (exact) mass is 451 g/mol. The Morgan fingerprint density at radius 1 is 1.12 bits per heavy atom. The highest BCUT2D eigenvalue weighted by Gasteiger charge is 2.35. The summed E-state index contributed by atoms with van der Waals surface area (Å²) in [6.45, 7) is 6.01. The van der Waals surface area contributed by atoms with Crippen molar-refractivity contribution in [2.24, 2.45) is 5.92 Å². The SMILES string of the molecule is CCc1ccc(N2C[C@@H](C(=O)NC[C@@H](c3ccc(OC)cc3)N3CCOCC3)CC2=O)cc1. The lowest BCUT2D eigenvalue weighted by Crippen LogP contribution is -2.45. The van der Waals surface area contributed by atoms with E-state index in [1.54, 1.807) is 12.0 Å². The topological polar surface area (TPSA) is 71.1 Å². The highest BCUT2D eigenvalue weighted by molar-refractivity contribution is 6.00. The maximum Gasteiger partial charge on any atom is 0.227 e. The highest BCUT2D eigenvalue weighted by Crippen LogP contribution is 2.27. The molecule has 4 rings (SSSR count). The fourth-order valence-corrected chi connectivity index (χ4v) is 4.56. The Morgan fingerprint density at radius 3 is 2.45 bits per heavy atom. The minimum atomic E-state index is -0.343. The molecule has 33 heavy (non-hydrogen) atoms. The molecule has 0 bridgehead atoms. The van der Waals surface area contributed by atoms with Gasteiger partial charge in [-0.2, -0.15) is 0 Å². The summed E-state index contributed by atoms with van der Waals surface area (Å²) in [6.07, 6.45) is 1.20. The largest absolute Gasteiger partial charge is 0.497 e. The van der Waals surface area contributed by atoms with Crippen LogP contribution in [-0.2, 0) is 20.7 Å². The van der Waals surface area contributed by atoms with Gasteiger partial charge in [0.15, 0.2) is 0 Å². The van der Waals surface area contributed by atoms with E-state index in [4.69, 9.17) is 9.47 Å². The number of amides is 2. The molecule has 0 radical (unpaired) electrons. The summed E-state index contributed by atoms with van der Waals surface area (Å²) in [5, 5.41) is 3.13. The van der Waals surface area contributed by atoms with E-state index >= 15 is 0 Å². The van der Waals surface area contributed by atoms with Crippen molar-refractivity contribution in [3.8, 4) is 5.75 Å². The smallest absolute Gasteiger partial charge is 0.227 e. The first-order chi connectivity index (χ1) is 16.1. The molecule has 7 heteroatoms. The van der Waals surface area contributed by atoms with Crippen LogP contribution in [0.2, 0.25) is 0 Å². The van der Waals surface area contributed by atoms with Crippen molar-refractivity contribution in [1.29, 1.82) is 0 Å². The lowest BCUT2D eigenvalue weighted by atomic mass is 10.0. The number of methoxy groups -OCH3 is 1. The number of rotatable bonds is 8. The van der Waals surface area contributed by atoms with E-state index in [-0.39, 0.29) is 30.2 Å². The maximum absolute atomic E-state index is 13.0. The van der Waals surface area contributed by atoms with Gasteiger partial charge in [-0.3, -0.25) is 14.5 Å². The van der Waals surface area contributed by atoms with Crippen LogP contribution in [0.15, 0.2) is 48.5 Å². The van der Waals surface area contributed by atoms with Crippen molar-refractivity contribution in [2.75, 3.05) is 51.4 Å². The molecule has 0 unspecified atom stereocenters. The second kappa shape index (κ2) is 10.8. The molecule has 2 heterocycles. The van der Waals surface area contributed by atoms with Crippen LogP contribution in [0.1, 0.15) is 30.5 Å². The predicted octanol–water partition coefficient (Wildman–Crippen LogP) is 2.80. The van der Waals surface area contributed by atoms with Crippen molar-refractivity contribution in [1.82, 2.24) is 10.2 Å². The number of hydrogen-bond acceptors (Lipinski definition) is 5. The quantitative estimate of drug-likeness (QED) is 0.668. The molecule has 0 aliphatic carbocycles. The average Bonchev–Trinajstić information content (AvgIpc) is 3.26. The summed E-state index contributed by atoms with van der Waals surface area (Å²) in [7, 11) is 1.65. The number of nitrogens with one attached hydrogen (secondary N) is 1. The second-order valence-corrected chi connectivity index (χ2v) is 8.61. The third-order valence-electron chi connectivity index (χ3n) is 6.61. The zero-order valence-corrected chi connectivity index (χ0v) is 19.5. The average molecular weight is 452 g/mol. The zero-order valence-electron chi connectivity index (χ0n) is 19.5. The number of hydrogen-bond donors (Lipinski definition) is 1. The minimum Gasteiger partial charge on any atom is -0.497 e. The standard InChI is InChI=1S/C26H33N3O4/c1-3-19-4-8-22(9-5-19)29-18-21(16-25(29)30)26(31)27-17-24(28-12-14-33-15-13-28)20-6-10-23(32-2)11-7-20/h4-11,21,24H,3,12-18H2,1-2H3,(H,27,31)/t21-,24-/m0/s1. The molecule has 2 aromatic carbocycles. The molecule has 0 aromatic heterocycles. The number of ether oxygens (including phenoxy) is 2. The Balaban J connectivity index is 1.40. The zero-order chi connectivity index (χ0) is 23.2. The van der Waals surface area contributed by atoms with E-state index in [1.165, 1.54) is 5.56 Å². The molecule has 2 aliphatic rings. The number of nitrogens with zero attached hydrogens (tertiary/aromatic N) is 2. The van der Waals surface area contributed by atoms with Crippen LogP contribution >= 0.6 is 0 Å². The van der Waals surface area contributed by atoms with Gasteiger partial charge in [0, 0.05) is 38.3 Å². The number of carbonyl (C=O) groups is 2. The minimum absolute atomic E-state index is 0.000665. The molecule has 1 N–H and O–H groups in total. The molecule has 2 aliphatic heterocycles. The molecular weight excluding hydrogens is 418 g/mol. The lowest BCUT2D eigenvalue weighted by Gasteiger charge is -2.35. The Hall–Kier alpha value is -2.90. The summed E-state index contributed by atoms with van der Waals surface area (Å²) < 4.78 is 10.8. The number of anilines is 1. The molecular formula is C26H33N3O4. The van der Waals surface area contributed by atoms with E-state index in [1.807, 2.05) is 48.5 Å². The van der Waals surface area contributed by atoms with Crippen molar-refractivity contribution >= 4 is 17.5 Å². The van der Waals surface area contributed by atoms with Gasteiger partial charge < -0.3 is 19.7 Å². The molecule has 2 aromatic rings. The van der Waals surface area contributed by atoms with E-state index in [2.05, 4.69) is 17.1 Å². The van der Waals surface area contributed by atoms with Crippen LogP contribution in [0.5, 0.6) is 5.75 Å². The Labute approximate surface area is 195 Å². The first-order valence-corrected chi connectivity index (χ1v) is 11.7. The van der Waals surface area contributed by atoms with Gasteiger partial charge in [0.1, 0.15) is 5.75 Å². The van der Waals surface area contributed by atoms with Crippen LogP contribution in [0.3, 0.4) is 0 Å². The van der Waals surface area contributed by atoms with Crippen LogP contribution in [0.25, 0.3) is 0 Å². The molecule has 7 nitrogen and oxygen atoms in total. The van der Waals surface area contributed by atoms with Gasteiger partial charge in [0.05, 0.1) is 32.3 Å². The molecule has 2 fully saturated rings. The summed E-state index contributed by atoms with van der Waals surface area (Å²) in [4.78, 5) is 29.7. The van der Waals surface area contributed by atoms with Gasteiger partial charge in [0.2, 0.25) is 11.8 Å². The Bertz CT molecular complexity index is 939. The maximum atomic E-state index is 13.0. The summed E-state index contributed by atoms with van der Waals surface area (Å²) in [6, 6.07) is 16.0. The van der Waals surface area contributed by atoms with Gasteiger partial charge in [0.25, 0.3) is 0 Å². The lowest BCUT2D eigenvalue weighted by molar-refractivity contribution is -0.126. The van der Waals surface area contributed by atoms with Crippen molar-refractivity contribution in [3.63, 3.8) is 0 Å². The van der Waals surface area contributed by atoms with Crippen LogP contribution in [0, 0.1) is 5.92 Å². The van der Waals surface area contributed by atoms with Gasteiger partial charge in [-0.1, -0.05) is 31.2 Å². The Morgan fingerprint density at radius 2 is 1.82 bits per heavy atom. The van der Waals surface area contributed by atoms with Gasteiger partial charge in [-0.25, -0.2) is 0 Å². The first-order valence-electron chi connectivity index (χ1n) is 11.7. The predicted molar refractivity (Wildman–Crippen MR) is 127 cm³/mol. The number of aryl methyl sites for hydroxylation is 1. The molecule has 2 amide bonds. The molecule has 0 saturated carbocycles. The summed E-state index contributed by atoms with van der Waals surface area (Å²) in [5.41, 5.74) is 3.21. The van der Waals surface area contributed by atoms with Crippen molar-refractivity contribution in [3.05, 3.63) is 59.7 Å². The van der Waals surface area contributed by atoms with E-state index in [0.717, 1.165) is 36.5 Å². The van der Waals surface area contributed by atoms with Crippen molar-refractivity contribution < 1.29 is 19.1 Å². The van der Waals surface area contributed by atoms with E-state index in [9.17, 15) is 9.59 Å².